The number of hydrogen-bond acceptors (Lipinski definition) is 7. The number of carbonyl (C=O) groups is 4. The number of aromatic nitrogens is 1. The van der Waals surface area contributed by atoms with E-state index >= 15 is 0 Å². The van der Waals surface area contributed by atoms with Crippen LogP contribution in [0, 0.1) is 0 Å². The van der Waals surface area contributed by atoms with E-state index in [0.29, 0.717) is 35.9 Å². The Labute approximate surface area is 171 Å². The third kappa shape index (κ3) is 5.71. The number of ketones is 1. The van der Waals surface area contributed by atoms with E-state index in [1.807, 2.05) is 0 Å². The van der Waals surface area contributed by atoms with Crippen molar-refractivity contribution < 1.29 is 23.9 Å². The molecule has 2 heterocycles. The molecule has 9 heteroatoms. The Kier molecular flexibility index (Phi) is 6.71. The molecule has 3 rings (SSSR count). The molecule has 29 heavy (non-hydrogen) atoms. The lowest BCUT2D eigenvalue weighted by Gasteiger charge is -2.10. The first-order chi connectivity index (χ1) is 13.9. The fourth-order valence-electron chi connectivity index (χ4n) is 2.82. The van der Waals surface area contributed by atoms with Gasteiger partial charge >= 0.3 is 5.97 Å². The van der Waals surface area contributed by atoms with Crippen LogP contribution in [0.1, 0.15) is 41.4 Å². The zero-order valence-corrected chi connectivity index (χ0v) is 16.8. The van der Waals surface area contributed by atoms with Gasteiger partial charge in [0.2, 0.25) is 11.8 Å². The highest BCUT2D eigenvalue weighted by Gasteiger charge is 2.24. The maximum atomic E-state index is 12.2. The minimum Gasteiger partial charge on any atom is -0.457 e. The molecule has 1 N–H and O–H groups in total. The second-order valence-corrected chi connectivity index (χ2v) is 7.47. The SMILES string of the molecule is CC(=O)NCc1ccc(C(=O)COC(=O)Cc2csc(N3CCCC3=O)n2)cc1. The van der Waals surface area contributed by atoms with Crippen LogP contribution >= 0.6 is 11.3 Å². The van der Waals surface area contributed by atoms with Crippen molar-refractivity contribution in [3.8, 4) is 0 Å². The van der Waals surface area contributed by atoms with Crippen molar-refractivity contribution in [2.24, 2.45) is 0 Å². The van der Waals surface area contributed by atoms with E-state index in [2.05, 4.69) is 10.3 Å². The smallest absolute Gasteiger partial charge is 0.312 e. The summed E-state index contributed by atoms with van der Waals surface area (Å²) in [6.45, 7) is 2.11. The number of benzene rings is 1. The van der Waals surface area contributed by atoms with Gasteiger partial charge in [-0.3, -0.25) is 24.1 Å². The standard InChI is InChI=1S/C20H21N3O5S/c1-13(24)21-10-14-4-6-15(7-5-14)17(25)11-28-19(27)9-16-12-29-20(22-16)23-8-2-3-18(23)26/h4-7,12H,2-3,8-11H2,1H3,(H,21,24). The van der Waals surface area contributed by atoms with Crippen LogP contribution in [-0.4, -0.2) is 41.7 Å². The molecule has 1 fully saturated rings. The molecule has 152 valence electrons. The van der Waals surface area contributed by atoms with Crippen molar-refractivity contribution in [2.45, 2.75) is 32.7 Å². The van der Waals surface area contributed by atoms with Crippen molar-refractivity contribution >= 4 is 40.0 Å². The molecule has 1 aromatic carbocycles. The van der Waals surface area contributed by atoms with Crippen LogP contribution in [0.2, 0.25) is 0 Å². The summed E-state index contributed by atoms with van der Waals surface area (Å²) in [7, 11) is 0. The van der Waals surface area contributed by atoms with Gasteiger partial charge in [0.15, 0.2) is 17.5 Å². The maximum absolute atomic E-state index is 12.2. The highest BCUT2D eigenvalue weighted by Crippen LogP contribution is 2.25. The van der Waals surface area contributed by atoms with E-state index in [1.54, 1.807) is 34.5 Å². The molecule has 0 atom stereocenters. The number of rotatable bonds is 8. The van der Waals surface area contributed by atoms with Gasteiger partial charge in [-0.15, -0.1) is 11.3 Å². The van der Waals surface area contributed by atoms with Crippen molar-refractivity contribution in [2.75, 3.05) is 18.1 Å². The van der Waals surface area contributed by atoms with Crippen molar-refractivity contribution in [3.63, 3.8) is 0 Å². The Hall–Kier alpha value is -3.07. The van der Waals surface area contributed by atoms with Gasteiger partial charge < -0.3 is 10.1 Å². The number of hydrogen-bond donors (Lipinski definition) is 1. The Morgan fingerprint density at radius 1 is 1.24 bits per heavy atom. The predicted molar refractivity (Wildman–Crippen MR) is 107 cm³/mol. The molecule has 0 spiro atoms. The monoisotopic (exact) mass is 415 g/mol. The molecule has 0 bridgehead atoms. The highest BCUT2D eigenvalue weighted by molar-refractivity contribution is 7.14. The average Bonchev–Trinajstić information content (AvgIpc) is 3.33. The molecule has 1 aliphatic rings. The number of ether oxygens (including phenoxy) is 1. The third-order valence-corrected chi connectivity index (χ3v) is 5.26. The third-order valence-electron chi connectivity index (χ3n) is 4.35. The van der Waals surface area contributed by atoms with Crippen molar-refractivity contribution in [3.05, 3.63) is 46.5 Å². The van der Waals surface area contributed by atoms with Gasteiger partial charge in [-0.05, 0) is 12.0 Å². The van der Waals surface area contributed by atoms with Gasteiger partial charge in [0.25, 0.3) is 0 Å². The van der Waals surface area contributed by atoms with E-state index in [4.69, 9.17) is 4.74 Å². The summed E-state index contributed by atoms with van der Waals surface area (Å²) >= 11 is 1.31. The summed E-state index contributed by atoms with van der Waals surface area (Å²) in [6, 6.07) is 6.74. The van der Waals surface area contributed by atoms with E-state index in [0.717, 1.165) is 12.0 Å². The molecule has 1 saturated heterocycles. The number of carbonyl (C=O) groups excluding carboxylic acids is 4. The fourth-order valence-corrected chi connectivity index (χ4v) is 3.68. The highest BCUT2D eigenvalue weighted by atomic mass is 32.1. The first kappa shape index (κ1) is 20.7. The quantitative estimate of drug-likeness (QED) is 0.521. The molecule has 2 amide bonds. The van der Waals surface area contributed by atoms with Gasteiger partial charge in [0.1, 0.15) is 0 Å². The molecule has 0 aliphatic carbocycles. The summed E-state index contributed by atoms with van der Waals surface area (Å²) in [4.78, 5) is 52.8. The van der Waals surface area contributed by atoms with Gasteiger partial charge in [-0.1, -0.05) is 24.3 Å². The maximum Gasteiger partial charge on any atom is 0.312 e. The predicted octanol–water partition coefficient (Wildman–Crippen LogP) is 1.87. The number of nitrogens with one attached hydrogen (secondary N) is 1. The van der Waals surface area contributed by atoms with Crippen LogP contribution in [0.4, 0.5) is 5.13 Å². The fraction of sp³-hybridized carbons (Fsp3) is 0.350. The molecule has 0 saturated carbocycles. The summed E-state index contributed by atoms with van der Waals surface area (Å²) in [5.74, 6) is -0.949. The van der Waals surface area contributed by atoms with Crippen molar-refractivity contribution in [1.82, 2.24) is 10.3 Å². The molecule has 8 nitrogen and oxygen atoms in total. The first-order valence-corrected chi connectivity index (χ1v) is 10.1. The van der Waals surface area contributed by atoms with Gasteiger partial charge in [-0.25, -0.2) is 4.98 Å². The second kappa shape index (κ2) is 9.42. The number of amides is 2. The Morgan fingerprint density at radius 3 is 2.66 bits per heavy atom. The van der Waals surface area contributed by atoms with Crippen LogP contribution in [-0.2, 0) is 32.1 Å². The second-order valence-electron chi connectivity index (χ2n) is 6.64. The lowest BCUT2D eigenvalue weighted by Crippen LogP contribution is -2.23. The summed E-state index contributed by atoms with van der Waals surface area (Å²) < 4.78 is 5.07. The molecule has 1 aromatic heterocycles. The largest absolute Gasteiger partial charge is 0.457 e. The van der Waals surface area contributed by atoms with E-state index in [1.165, 1.54) is 18.3 Å². The van der Waals surface area contributed by atoms with Gasteiger partial charge in [0.05, 0.1) is 12.1 Å². The number of nitrogens with zero attached hydrogens (tertiary/aromatic N) is 2. The molecular weight excluding hydrogens is 394 g/mol. The summed E-state index contributed by atoms with van der Waals surface area (Å²) in [5, 5.41) is 4.98. The Balaban J connectivity index is 1.46. The van der Waals surface area contributed by atoms with Crippen molar-refractivity contribution in [1.29, 1.82) is 0 Å². The lowest BCUT2D eigenvalue weighted by atomic mass is 10.1. The zero-order valence-electron chi connectivity index (χ0n) is 16.0. The van der Waals surface area contributed by atoms with E-state index in [-0.39, 0.29) is 30.6 Å². The van der Waals surface area contributed by atoms with Crippen LogP contribution in [0.3, 0.4) is 0 Å². The van der Waals surface area contributed by atoms with Crippen LogP contribution in [0.5, 0.6) is 0 Å². The first-order valence-electron chi connectivity index (χ1n) is 9.19. The topological polar surface area (TPSA) is 106 Å². The molecule has 0 unspecified atom stereocenters. The molecular formula is C20H21N3O5S. The molecule has 0 radical (unpaired) electrons. The van der Waals surface area contributed by atoms with Gasteiger partial charge in [0, 0.05) is 37.4 Å². The van der Waals surface area contributed by atoms with Gasteiger partial charge in [-0.2, -0.15) is 0 Å². The average molecular weight is 415 g/mol. The number of Topliss-reactive ketones (excluding diaryl/α,β-unsaturated/α-hetero) is 1. The minimum absolute atomic E-state index is 0.0437. The molecule has 1 aliphatic heterocycles. The Bertz CT molecular complexity index is 922. The normalized spacial score (nSPS) is 13.4. The zero-order chi connectivity index (χ0) is 20.8. The lowest BCUT2D eigenvalue weighted by molar-refractivity contribution is -0.141. The van der Waals surface area contributed by atoms with E-state index < -0.39 is 5.97 Å². The van der Waals surface area contributed by atoms with E-state index in [9.17, 15) is 19.2 Å². The van der Waals surface area contributed by atoms with Crippen LogP contribution < -0.4 is 10.2 Å². The minimum atomic E-state index is -0.551. The van der Waals surface area contributed by atoms with Crippen LogP contribution in [0.15, 0.2) is 29.6 Å². The number of thiazole rings is 1. The number of anilines is 1. The Morgan fingerprint density at radius 2 is 2.00 bits per heavy atom. The summed E-state index contributed by atoms with van der Waals surface area (Å²) in [5.41, 5.74) is 1.81. The van der Waals surface area contributed by atoms with Crippen LogP contribution in [0.25, 0.3) is 0 Å². The number of esters is 1. The molecule has 2 aromatic rings. The summed E-state index contributed by atoms with van der Waals surface area (Å²) in [6.07, 6.45) is 1.28.